The zero-order valence-electron chi connectivity index (χ0n) is 14.7. The van der Waals surface area contributed by atoms with E-state index in [1.54, 1.807) is 12.1 Å². The summed E-state index contributed by atoms with van der Waals surface area (Å²) < 4.78 is 21.0. The number of aromatic nitrogens is 3. The molecule has 0 amide bonds. The molecule has 8 heteroatoms. The molecule has 0 fully saturated rings. The molecule has 5 rings (SSSR count). The molecule has 0 saturated heterocycles. The van der Waals surface area contributed by atoms with Crippen molar-refractivity contribution >= 4 is 17.3 Å². The second-order valence-corrected chi connectivity index (χ2v) is 7.45. The third-order valence-electron chi connectivity index (χ3n) is 5.28. The van der Waals surface area contributed by atoms with Crippen LogP contribution in [-0.4, -0.2) is 33.1 Å². The fourth-order valence-electron chi connectivity index (χ4n) is 3.90. The van der Waals surface area contributed by atoms with Crippen molar-refractivity contribution in [2.24, 2.45) is 0 Å². The Bertz CT molecular complexity index is 998. The van der Waals surface area contributed by atoms with Gasteiger partial charge in [0.1, 0.15) is 11.5 Å². The van der Waals surface area contributed by atoms with E-state index < -0.39 is 5.82 Å². The monoisotopic (exact) mass is 387 g/mol. The molecule has 2 aliphatic heterocycles. The minimum Gasteiger partial charge on any atom is -0.372 e. The molecule has 0 unspecified atom stereocenters. The Morgan fingerprint density at radius 3 is 3.07 bits per heavy atom. The van der Waals surface area contributed by atoms with E-state index in [0.29, 0.717) is 6.67 Å². The number of fused-ring (bicyclic) bond motifs is 5. The SMILES string of the molecule is Fc1ccc(NCN2CCc3nn4c(c3C2)-c2oncc2CCC4)cc1Cl. The maximum absolute atomic E-state index is 13.3. The highest BCUT2D eigenvalue weighted by atomic mass is 35.5. The first-order valence-corrected chi connectivity index (χ1v) is 9.50. The lowest BCUT2D eigenvalue weighted by molar-refractivity contribution is 0.271. The maximum atomic E-state index is 13.3. The van der Waals surface area contributed by atoms with E-state index in [1.165, 1.54) is 11.6 Å². The first-order valence-electron chi connectivity index (χ1n) is 9.13. The summed E-state index contributed by atoms with van der Waals surface area (Å²) in [6, 6.07) is 4.68. The van der Waals surface area contributed by atoms with E-state index in [0.717, 1.165) is 67.3 Å². The average Bonchev–Trinajstić information content (AvgIpc) is 3.22. The summed E-state index contributed by atoms with van der Waals surface area (Å²) >= 11 is 5.86. The quantitative estimate of drug-likeness (QED) is 0.742. The minimum atomic E-state index is -0.407. The molecule has 0 spiro atoms. The lowest BCUT2D eigenvalue weighted by Gasteiger charge is -2.27. The number of benzene rings is 1. The van der Waals surface area contributed by atoms with Crippen LogP contribution in [0.1, 0.15) is 23.2 Å². The fourth-order valence-corrected chi connectivity index (χ4v) is 4.08. The Balaban J connectivity index is 1.37. The Morgan fingerprint density at radius 1 is 1.26 bits per heavy atom. The van der Waals surface area contributed by atoms with Crippen molar-refractivity contribution in [3.63, 3.8) is 0 Å². The standard InChI is InChI=1S/C19H19ClFN5O/c20-15-8-13(3-4-16(15)21)22-11-25-7-5-17-14(10-25)18-19-12(9-23-27-19)2-1-6-26(18)24-17/h3-4,8-9,22H,1-2,5-7,10-11H2. The summed E-state index contributed by atoms with van der Waals surface area (Å²) in [4.78, 5) is 2.31. The highest BCUT2D eigenvalue weighted by Gasteiger charge is 2.29. The van der Waals surface area contributed by atoms with Gasteiger partial charge in [-0.05, 0) is 31.0 Å². The van der Waals surface area contributed by atoms with Crippen LogP contribution in [0, 0.1) is 5.82 Å². The number of aryl methyl sites for hydroxylation is 2. The summed E-state index contributed by atoms with van der Waals surface area (Å²) in [5, 5.41) is 12.3. The van der Waals surface area contributed by atoms with E-state index in [2.05, 4.69) is 20.1 Å². The maximum Gasteiger partial charge on any atom is 0.188 e. The van der Waals surface area contributed by atoms with Gasteiger partial charge in [-0.2, -0.15) is 5.10 Å². The molecule has 1 aromatic carbocycles. The van der Waals surface area contributed by atoms with E-state index in [4.69, 9.17) is 21.2 Å². The van der Waals surface area contributed by atoms with E-state index in [1.807, 2.05) is 6.20 Å². The normalized spacial score (nSPS) is 16.4. The third kappa shape index (κ3) is 3.00. The largest absolute Gasteiger partial charge is 0.372 e. The highest BCUT2D eigenvalue weighted by Crippen LogP contribution is 2.35. The topological polar surface area (TPSA) is 59.1 Å². The summed E-state index contributed by atoms with van der Waals surface area (Å²) in [6.07, 6.45) is 4.72. The van der Waals surface area contributed by atoms with Crippen LogP contribution in [-0.2, 0) is 25.9 Å². The Hall–Kier alpha value is -2.38. The molecule has 2 aliphatic rings. The van der Waals surface area contributed by atoms with Crippen molar-refractivity contribution in [2.75, 3.05) is 18.5 Å². The van der Waals surface area contributed by atoms with Crippen molar-refractivity contribution in [3.8, 4) is 11.5 Å². The molecule has 140 valence electrons. The third-order valence-corrected chi connectivity index (χ3v) is 5.57. The van der Waals surface area contributed by atoms with Crippen LogP contribution in [0.25, 0.3) is 11.5 Å². The van der Waals surface area contributed by atoms with Gasteiger partial charge in [-0.15, -0.1) is 0 Å². The number of hydrogen-bond acceptors (Lipinski definition) is 5. The second-order valence-electron chi connectivity index (χ2n) is 7.05. The predicted molar refractivity (Wildman–Crippen MR) is 100 cm³/mol. The number of halogens is 2. The first kappa shape index (κ1) is 16.8. The second kappa shape index (κ2) is 6.65. The van der Waals surface area contributed by atoms with Crippen LogP contribution >= 0.6 is 11.6 Å². The summed E-state index contributed by atoms with van der Waals surface area (Å²) in [6.45, 7) is 3.25. The van der Waals surface area contributed by atoms with Crippen LogP contribution < -0.4 is 5.32 Å². The van der Waals surface area contributed by atoms with Crippen LogP contribution in [0.4, 0.5) is 10.1 Å². The lowest BCUT2D eigenvalue weighted by atomic mass is 10.0. The van der Waals surface area contributed by atoms with Crippen LogP contribution in [0.15, 0.2) is 28.9 Å². The molecule has 0 aliphatic carbocycles. The summed E-state index contributed by atoms with van der Waals surface area (Å²) in [7, 11) is 0. The molecule has 2 aromatic heterocycles. The van der Waals surface area contributed by atoms with Crippen molar-refractivity contribution in [2.45, 2.75) is 32.4 Å². The summed E-state index contributed by atoms with van der Waals surface area (Å²) in [5.74, 6) is 0.455. The molecule has 1 N–H and O–H groups in total. The highest BCUT2D eigenvalue weighted by molar-refractivity contribution is 6.31. The van der Waals surface area contributed by atoms with E-state index >= 15 is 0 Å². The number of rotatable bonds is 3. The van der Waals surface area contributed by atoms with Gasteiger partial charge in [-0.1, -0.05) is 16.8 Å². The zero-order valence-corrected chi connectivity index (χ0v) is 15.5. The lowest BCUT2D eigenvalue weighted by Crippen LogP contribution is -2.34. The Kier molecular flexibility index (Phi) is 4.13. The van der Waals surface area contributed by atoms with Crippen LogP contribution in [0.2, 0.25) is 5.02 Å². The van der Waals surface area contributed by atoms with Gasteiger partial charge in [0.05, 0.1) is 23.6 Å². The number of nitrogens with one attached hydrogen (secondary N) is 1. The van der Waals surface area contributed by atoms with Gasteiger partial charge in [0.25, 0.3) is 0 Å². The molecule has 4 heterocycles. The molecule has 6 nitrogen and oxygen atoms in total. The van der Waals surface area contributed by atoms with E-state index in [9.17, 15) is 4.39 Å². The average molecular weight is 388 g/mol. The number of nitrogens with zero attached hydrogens (tertiary/aromatic N) is 4. The molecule has 0 atom stereocenters. The van der Waals surface area contributed by atoms with Crippen molar-refractivity contribution in [1.29, 1.82) is 0 Å². The first-order chi connectivity index (χ1) is 13.2. The molecule has 0 saturated carbocycles. The van der Waals surface area contributed by atoms with Crippen LogP contribution in [0.3, 0.4) is 0 Å². The molecular formula is C19H19ClFN5O. The van der Waals surface area contributed by atoms with Gasteiger partial charge < -0.3 is 9.84 Å². The Labute approximate surface area is 160 Å². The predicted octanol–water partition coefficient (Wildman–Crippen LogP) is 3.70. The fraction of sp³-hybridized carbons (Fsp3) is 0.368. The van der Waals surface area contributed by atoms with Crippen molar-refractivity contribution in [1.82, 2.24) is 19.8 Å². The smallest absolute Gasteiger partial charge is 0.188 e. The van der Waals surface area contributed by atoms with Gasteiger partial charge in [-0.3, -0.25) is 9.58 Å². The molecule has 0 bridgehead atoms. The van der Waals surface area contributed by atoms with Gasteiger partial charge in [0, 0.05) is 42.9 Å². The van der Waals surface area contributed by atoms with Crippen molar-refractivity contribution < 1.29 is 8.91 Å². The molecule has 27 heavy (non-hydrogen) atoms. The molecule has 0 radical (unpaired) electrons. The number of hydrogen-bond donors (Lipinski definition) is 1. The molecule has 3 aromatic rings. The van der Waals surface area contributed by atoms with Gasteiger partial charge in [0.2, 0.25) is 0 Å². The number of anilines is 1. The van der Waals surface area contributed by atoms with Gasteiger partial charge >= 0.3 is 0 Å². The summed E-state index contributed by atoms with van der Waals surface area (Å²) in [5.41, 5.74) is 5.41. The molecular weight excluding hydrogens is 369 g/mol. The Morgan fingerprint density at radius 2 is 2.19 bits per heavy atom. The van der Waals surface area contributed by atoms with E-state index in [-0.39, 0.29) is 5.02 Å². The van der Waals surface area contributed by atoms with Crippen LogP contribution in [0.5, 0.6) is 0 Å². The van der Waals surface area contributed by atoms with Crippen molar-refractivity contribution in [3.05, 3.63) is 52.1 Å². The van der Waals surface area contributed by atoms with Gasteiger partial charge in [0.15, 0.2) is 5.76 Å². The zero-order chi connectivity index (χ0) is 18.4. The minimum absolute atomic E-state index is 0.126. The van der Waals surface area contributed by atoms with Gasteiger partial charge in [-0.25, -0.2) is 4.39 Å².